The molecule has 1 aliphatic rings. The van der Waals surface area contributed by atoms with Gasteiger partial charge in [-0.3, -0.25) is 0 Å². The van der Waals surface area contributed by atoms with E-state index in [-0.39, 0.29) is 0 Å². The Balaban J connectivity index is 2.37. The maximum atomic E-state index is 6.07. The molecule has 1 atom stereocenters. The molecule has 0 saturated carbocycles. The molecule has 0 saturated heterocycles. The topological polar surface area (TPSA) is 37.8 Å². The minimum Gasteiger partial charge on any atom is -0.367 e. The van der Waals surface area contributed by atoms with Gasteiger partial charge in [-0.1, -0.05) is 30.3 Å². The quantitative estimate of drug-likeness (QED) is 0.481. The van der Waals surface area contributed by atoms with Crippen LogP contribution in [0.25, 0.3) is 0 Å². The molecule has 1 N–H and O–H groups in total. The molecular weight excluding hydrogens is 218 g/mol. The van der Waals surface area contributed by atoms with Gasteiger partial charge in [-0.05, 0) is 19.1 Å². The highest BCUT2D eigenvalue weighted by molar-refractivity contribution is 7.98. The summed E-state index contributed by atoms with van der Waals surface area (Å²) < 4.78 is 0. The number of rotatable bonds is 2. The van der Waals surface area contributed by atoms with Gasteiger partial charge in [0.15, 0.2) is 5.16 Å². The van der Waals surface area contributed by atoms with Gasteiger partial charge in [-0.25, -0.2) is 9.97 Å². The first-order valence-electron chi connectivity index (χ1n) is 4.61. The summed E-state index contributed by atoms with van der Waals surface area (Å²) in [4.78, 5) is 8.60. The van der Waals surface area contributed by atoms with Crippen molar-refractivity contribution in [1.29, 1.82) is 0 Å². The number of nitrogens with one attached hydrogen (secondary N) is 1. The molecule has 0 aromatic carbocycles. The molecule has 0 radical (unpaired) electrons. The monoisotopic (exact) mass is 229 g/mol. The largest absolute Gasteiger partial charge is 0.367 e. The first-order valence-corrected chi connectivity index (χ1v) is 6.21. The zero-order valence-electron chi connectivity index (χ0n) is 8.17. The van der Waals surface area contributed by atoms with E-state index in [0.717, 1.165) is 29.4 Å². The van der Waals surface area contributed by atoms with E-state index in [2.05, 4.69) is 22.2 Å². The lowest BCUT2D eigenvalue weighted by Gasteiger charge is -2.05. The second kappa shape index (κ2) is 3.95. The van der Waals surface area contributed by atoms with Crippen molar-refractivity contribution in [2.45, 2.75) is 31.0 Å². The predicted molar refractivity (Wildman–Crippen MR) is 60.2 cm³/mol. The molecule has 76 valence electrons. The summed E-state index contributed by atoms with van der Waals surface area (Å²) in [5, 5.41) is 4.68. The van der Waals surface area contributed by atoms with E-state index in [0.29, 0.717) is 11.2 Å². The number of hydrogen-bond donors (Lipinski definition) is 1. The number of halogens is 1. The Morgan fingerprint density at radius 1 is 1.57 bits per heavy atom. The molecule has 14 heavy (non-hydrogen) atoms. The van der Waals surface area contributed by atoms with Gasteiger partial charge in [-0.15, -0.1) is 0 Å². The highest BCUT2D eigenvalue weighted by Gasteiger charge is 2.24. The fraction of sp³-hybridized carbons (Fsp3) is 0.556. The molecular formula is C9H12ClN3S. The van der Waals surface area contributed by atoms with Crippen molar-refractivity contribution in [2.75, 3.05) is 11.6 Å². The summed E-state index contributed by atoms with van der Waals surface area (Å²) in [7, 11) is 0. The van der Waals surface area contributed by atoms with Crippen molar-refractivity contribution in [3.8, 4) is 0 Å². The smallest absolute Gasteiger partial charge is 0.190 e. The van der Waals surface area contributed by atoms with Gasteiger partial charge < -0.3 is 5.32 Å². The number of fused-ring (bicyclic) bond motifs is 1. The lowest BCUT2D eigenvalue weighted by Crippen LogP contribution is -2.13. The van der Waals surface area contributed by atoms with E-state index < -0.39 is 0 Å². The molecule has 1 aromatic heterocycles. The molecule has 1 aliphatic heterocycles. The molecule has 2 heterocycles. The van der Waals surface area contributed by atoms with Gasteiger partial charge >= 0.3 is 0 Å². The van der Waals surface area contributed by atoms with Crippen LogP contribution in [0.2, 0.25) is 5.15 Å². The second-order valence-electron chi connectivity index (χ2n) is 3.28. The van der Waals surface area contributed by atoms with Crippen molar-refractivity contribution in [1.82, 2.24) is 9.97 Å². The standard InChI is InChI=1S/C9H12ClN3S/c1-3-5-4-6-7(10)12-9(14-2)13-8(6)11-5/h5H,3-4H2,1-2H3,(H,11,12,13)/t5-/m1/s1. The molecule has 0 spiro atoms. The Bertz CT molecular complexity index is 356. The molecule has 1 aromatic rings. The van der Waals surface area contributed by atoms with Crippen molar-refractivity contribution in [3.05, 3.63) is 10.7 Å². The van der Waals surface area contributed by atoms with E-state index in [1.165, 1.54) is 11.8 Å². The van der Waals surface area contributed by atoms with Crippen LogP contribution >= 0.6 is 23.4 Å². The van der Waals surface area contributed by atoms with Gasteiger partial charge in [0.05, 0.1) is 0 Å². The Kier molecular flexibility index (Phi) is 2.83. The normalized spacial score (nSPS) is 19.2. The third-order valence-corrected chi connectivity index (χ3v) is 3.26. The van der Waals surface area contributed by atoms with Crippen LogP contribution in [0.1, 0.15) is 18.9 Å². The third kappa shape index (κ3) is 1.68. The summed E-state index contributed by atoms with van der Waals surface area (Å²) in [5.74, 6) is 0.918. The first-order chi connectivity index (χ1) is 6.74. The lowest BCUT2D eigenvalue weighted by atomic mass is 10.1. The van der Waals surface area contributed by atoms with Crippen molar-refractivity contribution < 1.29 is 0 Å². The summed E-state index contributed by atoms with van der Waals surface area (Å²) in [6.07, 6.45) is 3.98. The molecule has 0 bridgehead atoms. The minimum absolute atomic E-state index is 0.467. The Morgan fingerprint density at radius 2 is 2.36 bits per heavy atom. The average molecular weight is 230 g/mol. The van der Waals surface area contributed by atoms with Crippen molar-refractivity contribution >= 4 is 29.2 Å². The van der Waals surface area contributed by atoms with E-state index >= 15 is 0 Å². The highest BCUT2D eigenvalue weighted by atomic mass is 35.5. The molecule has 3 nitrogen and oxygen atoms in total. The fourth-order valence-corrected chi connectivity index (χ4v) is 2.23. The van der Waals surface area contributed by atoms with Gasteiger partial charge in [-0.2, -0.15) is 0 Å². The number of thioether (sulfide) groups is 1. The molecule has 0 fully saturated rings. The zero-order valence-corrected chi connectivity index (χ0v) is 9.74. The molecule has 0 aliphatic carbocycles. The molecule has 0 unspecified atom stereocenters. The predicted octanol–water partition coefficient (Wildman–Crippen LogP) is 2.60. The SMILES string of the molecule is CC[C@@H]1Cc2c(Cl)nc(SC)nc2N1. The van der Waals surface area contributed by atoms with Crippen LogP contribution in [0, 0.1) is 0 Å². The van der Waals surface area contributed by atoms with Crippen LogP contribution in [-0.4, -0.2) is 22.3 Å². The van der Waals surface area contributed by atoms with E-state index in [1.54, 1.807) is 0 Å². The Labute approximate surface area is 92.7 Å². The highest BCUT2D eigenvalue weighted by Crippen LogP contribution is 2.31. The molecule has 5 heteroatoms. The Hall–Kier alpha value is -0.480. The maximum Gasteiger partial charge on any atom is 0.190 e. The summed E-state index contributed by atoms with van der Waals surface area (Å²) >= 11 is 7.58. The second-order valence-corrected chi connectivity index (χ2v) is 4.41. The van der Waals surface area contributed by atoms with Crippen molar-refractivity contribution in [2.24, 2.45) is 0 Å². The van der Waals surface area contributed by atoms with Gasteiger partial charge in [0.2, 0.25) is 0 Å². The van der Waals surface area contributed by atoms with Crippen molar-refractivity contribution in [3.63, 3.8) is 0 Å². The van der Waals surface area contributed by atoms with Crippen LogP contribution in [0.4, 0.5) is 5.82 Å². The van der Waals surface area contributed by atoms with Gasteiger partial charge in [0.25, 0.3) is 0 Å². The first kappa shape index (κ1) is 10.1. The van der Waals surface area contributed by atoms with E-state index in [4.69, 9.17) is 11.6 Å². The number of hydrogen-bond acceptors (Lipinski definition) is 4. The summed E-state index contributed by atoms with van der Waals surface area (Å²) in [5.41, 5.74) is 1.07. The fourth-order valence-electron chi connectivity index (χ4n) is 1.57. The zero-order chi connectivity index (χ0) is 10.1. The average Bonchev–Trinajstić information content (AvgIpc) is 2.61. The lowest BCUT2D eigenvalue weighted by molar-refractivity contribution is 0.722. The van der Waals surface area contributed by atoms with Crippen LogP contribution in [-0.2, 0) is 6.42 Å². The van der Waals surface area contributed by atoms with Crippen LogP contribution in [0.15, 0.2) is 5.16 Å². The molecule has 2 rings (SSSR count). The summed E-state index contributed by atoms with van der Waals surface area (Å²) in [6.45, 7) is 2.15. The maximum absolute atomic E-state index is 6.07. The van der Waals surface area contributed by atoms with Crippen LogP contribution < -0.4 is 5.32 Å². The number of nitrogens with zero attached hydrogens (tertiary/aromatic N) is 2. The molecule has 0 amide bonds. The van der Waals surface area contributed by atoms with Gasteiger partial charge in [0, 0.05) is 11.6 Å². The third-order valence-electron chi connectivity index (χ3n) is 2.40. The van der Waals surface area contributed by atoms with Gasteiger partial charge in [0.1, 0.15) is 11.0 Å². The Morgan fingerprint density at radius 3 is 3.00 bits per heavy atom. The minimum atomic E-state index is 0.467. The number of aromatic nitrogens is 2. The number of anilines is 1. The van der Waals surface area contributed by atoms with Crippen LogP contribution in [0.5, 0.6) is 0 Å². The summed E-state index contributed by atoms with van der Waals surface area (Å²) in [6, 6.07) is 0.467. The van der Waals surface area contributed by atoms with E-state index in [1.807, 2.05) is 6.26 Å². The van der Waals surface area contributed by atoms with E-state index in [9.17, 15) is 0 Å². The van der Waals surface area contributed by atoms with Crippen LogP contribution in [0.3, 0.4) is 0 Å².